The second-order valence-electron chi connectivity index (χ2n) is 4.32. The molecule has 0 radical (unpaired) electrons. The molecular weight excluding hydrogens is 230 g/mol. The van der Waals surface area contributed by atoms with Gasteiger partial charge in [-0.2, -0.15) is 0 Å². The van der Waals surface area contributed by atoms with Gasteiger partial charge in [0.1, 0.15) is 5.56 Å². The van der Waals surface area contributed by atoms with Crippen molar-refractivity contribution in [2.24, 2.45) is 7.05 Å². The maximum absolute atomic E-state index is 11.9. The molecule has 5 nitrogen and oxygen atoms in total. The predicted octanol–water partition coefficient (Wildman–Crippen LogP) is 0.423. The summed E-state index contributed by atoms with van der Waals surface area (Å²) in [4.78, 5) is 23.7. The van der Waals surface area contributed by atoms with E-state index in [0.717, 1.165) is 25.1 Å². The minimum atomic E-state index is -0.292. The van der Waals surface area contributed by atoms with E-state index in [4.69, 9.17) is 0 Å². The summed E-state index contributed by atoms with van der Waals surface area (Å²) in [6.07, 6.45) is 1.90. The Kier molecular flexibility index (Phi) is 5.58. The van der Waals surface area contributed by atoms with Gasteiger partial charge in [0.2, 0.25) is 0 Å². The number of carbonyl (C=O) groups excluding carboxylic acids is 1. The Bertz CT molecular complexity index is 466. The average molecular weight is 251 g/mol. The molecule has 0 saturated heterocycles. The molecule has 5 heteroatoms. The number of hydrogen-bond acceptors (Lipinski definition) is 3. The van der Waals surface area contributed by atoms with Crippen molar-refractivity contribution in [2.45, 2.75) is 19.8 Å². The predicted molar refractivity (Wildman–Crippen MR) is 71.9 cm³/mol. The number of aryl methyl sites for hydroxylation is 1. The highest BCUT2D eigenvalue weighted by Crippen LogP contribution is 1.97. The number of nitrogens with zero attached hydrogens (tertiary/aromatic N) is 1. The van der Waals surface area contributed by atoms with E-state index in [1.54, 1.807) is 19.2 Å². The number of amides is 1. The van der Waals surface area contributed by atoms with Crippen molar-refractivity contribution in [1.82, 2.24) is 15.2 Å². The quantitative estimate of drug-likeness (QED) is 0.720. The van der Waals surface area contributed by atoms with E-state index in [9.17, 15) is 9.59 Å². The largest absolute Gasteiger partial charge is 0.352 e. The minimum absolute atomic E-state index is 0.205. The van der Waals surface area contributed by atoms with Gasteiger partial charge in [-0.15, -0.1) is 0 Å². The molecule has 18 heavy (non-hydrogen) atoms. The average Bonchev–Trinajstić information content (AvgIpc) is 2.35. The fourth-order valence-corrected chi connectivity index (χ4v) is 1.62. The maximum Gasteiger partial charge on any atom is 0.263 e. The van der Waals surface area contributed by atoms with Crippen molar-refractivity contribution in [3.05, 3.63) is 33.7 Å². The molecule has 1 amide bonds. The molecule has 2 N–H and O–H groups in total. The van der Waals surface area contributed by atoms with Crippen LogP contribution in [0.3, 0.4) is 0 Å². The first kappa shape index (κ1) is 14.4. The molecule has 0 bridgehead atoms. The molecule has 0 atom stereocenters. The number of unbranched alkanes of at least 4 members (excludes halogenated alkanes) is 1. The van der Waals surface area contributed by atoms with Crippen LogP contribution in [-0.2, 0) is 7.05 Å². The van der Waals surface area contributed by atoms with Crippen LogP contribution < -0.4 is 16.2 Å². The Morgan fingerprint density at radius 1 is 1.28 bits per heavy atom. The molecule has 1 heterocycles. The van der Waals surface area contributed by atoms with Crippen LogP contribution >= 0.6 is 0 Å². The normalized spacial score (nSPS) is 10.4. The van der Waals surface area contributed by atoms with E-state index in [1.165, 1.54) is 4.57 Å². The first-order valence-electron chi connectivity index (χ1n) is 6.17. The van der Waals surface area contributed by atoms with E-state index < -0.39 is 0 Å². The Morgan fingerprint density at radius 2 is 1.94 bits per heavy atom. The lowest BCUT2D eigenvalue weighted by Crippen LogP contribution is -2.33. The summed E-state index contributed by atoms with van der Waals surface area (Å²) < 4.78 is 1.48. The van der Waals surface area contributed by atoms with Gasteiger partial charge in [-0.3, -0.25) is 9.59 Å². The zero-order valence-electron chi connectivity index (χ0n) is 11.2. The van der Waals surface area contributed by atoms with Crippen LogP contribution in [0.25, 0.3) is 0 Å². The Labute approximate surface area is 107 Å². The fraction of sp³-hybridized carbons (Fsp3) is 0.538. The van der Waals surface area contributed by atoms with Crippen LogP contribution in [0.2, 0.25) is 0 Å². The first-order valence-corrected chi connectivity index (χ1v) is 6.17. The van der Waals surface area contributed by atoms with Gasteiger partial charge in [-0.05, 0) is 45.5 Å². The lowest BCUT2D eigenvalue weighted by atomic mass is 10.2. The smallest absolute Gasteiger partial charge is 0.263 e. The van der Waals surface area contributed by atoms with Crippen LogP contribution in [0.15, 0.2) is 16.9 Å². The van der Waals surface area contributed by atoms with Gasteiger partial charge in [0.25, 0.3) is 11.5 Å². The zero-order valence-corrected chi connectivity index (χ0v) is 11.2. The summed E-state index contributed by atoms with van der Waals surface area (Å²) in [6.45, 7) is 3.36. The molecule has 1 aromatic rings. The van der Waals surface area contributed by atoms with E-state index >= 15 is 0 Å². The number of aromatic nitrogens is 1. The molecule has 0 spiro atoms. The van der Waals surface area contributed by atoms with Crippen LogP contribution in [0.1, 0.15) is 28.9 Å². The lowest BCUT2D eigenvalue weighted by molar-refractivity contribution is 0.0951. The Balaban J connectivity index is 2.57. The molecule has 100 valence electrons. The number of nitrogens with one attached hydrogen (secondary N) is 2. The summed E-state index contributed by atoms with van der Waals surface area (Å²) in [6, 6.07) is 3.36. The molecule has 0 aliphatic heterocycles. The fourth-order valence-electron chi connectivity index (χ4n) is 1.62. The maximum atomic E-state index is 11.9. The Hall–Kier alpha value is -1.62. The SMILES string of the molecule is CNCCCCNC(=O)c1ccc(C)n(C)c1=O. The summed E-state index contributed by atoms with van der Waals surface area (Å²) >= 11 is 0. The third-order valence-corrected chi connectivity index (χ3v) is 2.94. The molecule has 1 rings (SSSR count). The van der Waals surface area contributed by atoms with Crippen molar-refractivity contribution < 1.29 is 4.79 Å². The van der Waals surface area contributed by atoms with E-state index in [2.05, 4.69) is 10.6 Å². The molecule has 0 aliphatic rings. The molecule has 0 aromatic carbocycles. The minimum Gasteiger partial charge on any atom is -0.352 e. The topological polar surface area (TPSA) is 63.1 Å². The van der Waals surface area contributed by atoms with Crippen molar-refractivity contribution in [3.8, 4) is 0 Å². The van der Waals surface area contributed by atoms with Gasteiger partial charge < -0.3 is 15.2 Å². The zero-order chi connectivity index (χ0) is 13.5. The lowest BCUT2D eigenvalue weighted by Gasteiger charge is -2.07. The van der Waals surface area contributed by atoms with Gasteiger partial charge in [0, 0.05) is 19.3 Å². The third-order valence-electron chi connectivity index (χ3n) is 2.94. The van der Waals surface area contributed by atoms with Crippen molar-refractivity contribution in [3.63, 3.8) is 0 Å². The summed E-state index contributed by atoms with van der Waals surface area (Å²) in [7, 11) is 3.57. The third kappa shape index (κ3) is 3.70. The van der Waals surface area contributed by atoms with E-state index in [-0.39, 0.29) is 17.0 Å². The van der Waals surface area contributed by atoms with E-state index in [0.29, 0.717) is 6.54 Å². The van der Waals surface area contributed by atoms with Crippen LogP contribution in [0, 0.1) is 6.92 Å². The van der Waals surface area contributed by atoms with E-state index in [1.807, 2.05) is 14.0 Å². The van der Waals surface area contributed by atoms with Crippen molar-refractivity contribution in [2.75, 3.05) is 20.1 Å². The second-order valence-corrected chi connectivity index (χ2v) is 4.32. The van der Waals surface area contributed by atoms with Crippen molar-refractivity contribution >= 4 is 5.91 Å². The van der Waals surface area contributed by atoms with Crippen LogP contribution in [-0.4, -0.2) is 30.6 Å². The standard InChI is InChI=1S/C13H21N3O2/c1-10-6-7-11(13(18)16(10)3)12(17)15-9-5-4-8-14-2/h6-7,14H,4-5,8-9H2,1-3H3,(H,15,17). The number of rotatable bonds is 6. The Morgan fingerprint density at radius 3 is 2.61 bits per heavy atom. The van der Waals surface area contributed by atoms with Gasteiger partial charge in [-0.25, -0.2) is 0 Å². The molecule has 1 aromatic heterocycles. The molecule has 0 aliphatic carbocycles. The van der Waals surface area contributed by atoms with Gasteiger partial charge in [-0.1, -0.05) is 0 Å². The van der Waals surface area contributed by atoms with Crippen LogP contribution in [0.4, 0.5) is 0 Å². The number of hydrogen-bond donors (Lipinski definition) is 2. The summed E-state index contributed by atoms with van der Waals surface area (Å²) in [5.41, 5.74) is 0.796. The highest BCUT2D eigenvalue weighted by atomic mass is 16.2. The van der Waals surface area contributed by atoms with Crippen LogP contribution in [0.5, 0.6) is 0 Å². The monoisotopic (exact) mass is 251 g/mol. The van der Waals surface area contributed by atoms with Crippen molar-refractivity contribution in [1.29, 1.82) is 0 Å². The molecular formula is C13H21N3O2. The second kappa shape index (κ2) is 6.96. The molecule has 0 saturated carbocycles. The van der Waals surface area contributed by atoms with Gasteiger partial charge in [0.15, 0.2) is 0 Å². The first-order chi connectivity index (χ1) is 8.57. The molecule has 0 unspecified atom stereocenters. The highest BCUT2D eigenvalue weighted by Gasteiger charge is 2.11. The molecule has 0 fully saturated rings. The number of carbonyl (C=O) groups is 1. The van der Waals surface area contributed by atoms with Gasteiger partial charge in [0.05, 0.1) is 0 Å². The highest BCUT2D eigenvalue weighted by molar-refractivity contribution is 5.93. The summed E-state index contributed by atoms with van der Waals surface area (Å²) in [5.74, 6) is -0.292. The van der Waals surface area contributed by atoms with Gasteiger partial charge >= 0.3 is 0 Å². The number of pyridine rings is 1. The summed E-state index contributed by atoms with van der Waals surface area (Å²) in [5, 5.41) is 5.81.